The molecule has 118 valence electrons. The standard InChI is InChI=1S/C16H21N3O3/c1-2-8-19(9-10-20)16(21)17-11-14-12-22-15(18-14)13-6-4-3-5-7-13/h3-7,12,20H,2,8-11H2,1H3,(H,17,21). The number of aliphatic hydroxyl groups is 1. The van der Waals surface area contributed by atoms with Gasteiger partial charge in [-0.15, -0.1) is 0 Å². The summed E-state index contributed by atoms with van der Waals surface area (Å²) in [5.41, 5.74) is 1.56. The molecule has 0 radical (unpaired) electrons. The Kier molecular flexibility index (Phi) is 5.97. The number of nitrogens with one attached hydrogen (secondary N) is 1. The molecule has 2 N–H and O–H groups in total. The molecule has 1 aromatic carbocycles. The maximum Gasteiger partial charge on any atom is 0.317 e. The quantitative estimate of drug-likeness (QED) is 0.822. The van der Waals surface area contributed by atoms with Crippen LogP contribution >= 0.6 is 0 Å². The van der Waals surface area contributed by atoms with Gasteiger partial charge in [-0.1, -0.05) is 25.1 Å². The molecule has 2 rings (SSSR count). The van der Waals surface area contributed by atoms with Crippen LogP contribution in [0.15, 0.2) is 41.0 Å². The predicted octanol–water partition coefficient (Wildman–Crippen LogP) is 2.26. The average Bonchev–Trinajstić information content (AvgIpc) is 3.02. The van der Waals surface area contributed by atoms with E-state index in [1.165, 1.54) is 0 Å². The van der Waals surface area contributed by atoms with Crippen LogP contribution in [0.3, 0.4) is 0 Å². The number of hydrogen-bond donors (Lipinski definition) is 2. The molecule has 1 aromatic heterocycles. The SMILES string of the molecule is CCCN(CCO)C(=O)NCc1coc(-c2ccccc2)n1. The maximum atomic E-state index is 12.0. The van der Waals surface area contributed by atoms with E-state index in [4.69, 9.17) is 9.52 Å². The number of hydrogen-bond acceptors (Lipinski definition) is 4. The lowest BCUT2D eigenvalue weighted by atomic mass is 10.2. The smallest absolute Gasteiger partial charge is 0.317 e. The van der Waals surface area contributed by atoms with Crippen molar-refractivity contribution >= 4 is 6.03 Å². The van der Waals surface area contributed by atoms with Gasteiger partial charge in [-0.3, -0.25) is 0 Å². The van der Waals surface area contributed by atoms with E-state index < -0.39 is 0 Å². The lowest BCUT2D eigenvalue weighted by Crippen LogP contribution is -2.41. The molecule has 0 aliphatic carbocycles. The molecule has 2 amide bonds. The molecule has 22 heavy (non-hydrogen) atoms. The second-order valence-electron chi connectivity index (χ2n) is 4.88. The summed E-state index contributed by atoms with van der Waals surface area (Å²) in [4.78, 5) is 18.0. The molecule has 0 aliphatic heterocycles. The van der Waals surface area contributed by atoms with Crippen molar-refractivity contribution in [2.24, 2.45) is 0 Å². The Morgan fingerprint density at radius 2 is 2.09 bits per heavy atom. The van der Waals surface area contributed by atoms with Crippen molar-refractivity contribution in [3.05, 3.63) is 42.3 Å². The van der Waals surface area contributed by atoms with Gasteiger partial charge in [0.1, 0.15) is 6.26 Å². The summed E-state index contributed by atoms with van der Waals surface area (Å²) in [6.45, 7) is 3.17. The van der Waals surface area contributed by atoms with E-state index in [0.29, 0.717) is 31.2 Å². The number of nitrogens with zero attached hydrogens (tertiary/aromatic N) is 2. The molecule has 0 fully saturated rings. The Morgan fingerprint density at radius 1 is 1.32 bits per heavy atom. The highest BCUT2D eigenvalue weighted by atomic mass is 16.3. The van der Waals surface area contributed by atoms with E-state index in [9.17, 15) is 4.79 Å². The molecule has 0 aliphatic rings. The second kappa shape index (κ2) is 8.19. The topological polar surface area (TPSA) is 78.6 Å². The van der Waals surface area contributed by atoms with Crippen LogP contribution < -0.4 is 5.32 Å². The molecule has 0 saturated heterocycles. The first-order valence-corrected chi connectivity index (χ1v) is 7.38. The molecule has 0 unspecified atom stereocenters. The number of benzene rings is 1. The van der Waals surface area contributed by atoms with Gasteiger partial charge in [0.05, 0.1) is 18.8 Å². The number of carbonyl (C=O) groups excluding carboxylic acids is 1. The van der Waals surface area contributed by atoms with Gasteiger partial charge in [-0.25, -0.2) is 9.78 Å². The van der Waals surface area contributed by atoms with Gasteiger partial charge in [-0.05, 0) is 18.6 Å². The van der Waals surface area contributed by atoms with Crippen molar-refractivity contribution < 1.29 is 14.3 Å². The summed E-state index contributed by atoms with van der Waals surface area (Å²) in [5, 5.41) is 11.8. The van der Waals surface area contributed by atoms with E-state index >= 15 is 0 Å². The highest BCUT2D eigenvalue weighted by Crippen LogP contribution is 2.17. The lowest BCUT2D eigenvalue weighted by molar-refractivity contribution is 0.177. The largest absolute Gasteiger partial charge is 0.444 e. The third-order valence-corrected chi connectivity index (χ3v) is 3.14. The highest BCUT2D eigenvalue weighted by Gasteiger charge is 2.12. The van der Waals surface area contributed by atoms with Crippen LogP contribution in [0.2, 0.25) is 0 Å². The van der Waals surface area contributed by atoms with Crippen molar-refractivity contribution in [2.45, 2.75) is 19.9 Å². The minimum Gasteiger partial charge on any atom is -0.444 e. The molecular formula is C16H21N3O3. The normalized spacial score (nSPS) is 10.5. The number of urea groups is 1. The molecule has 6 nitrogen and oxygen atoms in total. The van der Waals surface area contributed by atoms with E-state index in [1.807, 2.05) is 37.3 Å². The highest BCUT2D eigenvalue weighted by molar-refractivity contribution is 5.74. The molecule has 0 spiro atoms. The molecule has 0 saturated carbocycles. The number of aliphatic hydroxyl groups excluding tert-OH is 1. The average molecular weight is 303 g/mol. The van der Waals surface area contributed by atoms with Gasteiger partial charge >= 0.3 is 6.03 Å². The Morgan fingerprint density at radius 3 is 2.77 bits per heavy atom. The van der Waals surface area contributed by atoms with Crippen LogP contribution in [0.5, 0.6) is 0 Å². The number of amides is 2. The van der Waals surface area contributed by atoms with Crippen LogP contribution in [0, 0.1) is 0 Å². The summed E-state index contributed by atoms with van der Waals surface area (Å²) in [7, 11) is 0. The van der Waals surface area contributed by atoms with Crippen molar-refractivity contribution in [1.29, 1.82) is 0 Å². The fraction of sp³-hybridized carbons (Fsp3) is 0.375. The van der Waals surface area contributed by atoms with Crippen LogP contribution in [0.25, 0.3) is 11.5 Å². The van der Waals surface area contributed by atoms with Gasteiger partial charge < -0.3 is 19.7 Å². The van der Waals surface area contributed by atoms with Crippen LogP contribution in [-0.2, 0) is 6.54 Å². The molecule has 2 aromatic rings. The van der Waals surface area contributed by atoms with Crippen molar-refractivity contribution in [3.63, 3.8) is 0 Å². The third-order valence-electron chi connectivity index (χ3n) is 3.14. The third kappa shape index (κ3) is 4.33. The fourth-order valence-corrected chi connectivity index (χ4v) is 2.08. The number of carbonyl (C=O) groups is 1. The second-order valence-corrected chi connectivity index (χ2v) is 4.88. The zero-order valence-electron chi connectivity index (χ0n) is 12.7. The van der Waals surface area contributed by atoms with Crippen molar-refractivity contribution in [2.75, 3.05) is 19.7 Å². The summed E-state index contributed by atoms with van der Waals surface area (Å²) in [6.07, 6.45) is 2.38. The Labute approximate surface area is 129 Å². The molecule has 1 heterocycles. The van der Waals surface area contributed by atoms with Gasteiger partial charge in [0.2, 0.25) is 5.89 Å². The van der Waals surface area contributed by atoms with Crippen LogP contribution in [-0.4, -0.2) is 40.7 Å². The molecule has 6 heteroatoms. The Balaban J connectivity index is 1.92. The first kappa shape index (κ1) is 16.0. The summed E-state index contributed by atoms with van der Waals surface area (Å²) in [6, 6.07) is 9.38. The Bertz CT molecular complexity index is 577. The maximum absolute atomic E-state index is 12.0. The first-order chi connectivity index (χ1) is 10.7. The minimum absolute atomic E-state index is 0.0461. The summed E-state index contributed by atoms with van der Waals surface area (Å²) in [5.74, 6) is 0.533. The number of aromatic nitrogens is 1. The van der Waals surface area contributed by atoms with Crippen LogP contribution in [0.4, 0.5) is 4.79 Å². The van der Waals surface area contributed by atoms with Gasteiger partial charge in [0.25, 0.3) is 0 Å². The zero-order chi connectivity index (χ0) is 15.8. The predicted molar refractivity (Wildman–Crippen MR) is 83.1 cm³/mol. The van der Waals surface area contributed by atoms with Gasteiger partial charge in [0, 0.05) is 18.7 Å². The van der Waals surface area contributed by atoms with Crippen molar-refractivity contribution in [3.8, 4) is 11.5 Å². The number of oxazole rings is 1. The summed E-state index contributed by atoms with van der Waals surface area (Å²) >= 11 is 0. The Hall–Kier alpha value is -2.34. The minimum atomic E-state index is -0.208. The van der Waals surface area contributed by atoms with Gasteiger partial charge in [0.15, 0.2) is 0 Å². The molecule has 0 atom stereocenters. The number of rotatable bonds is 7. The summed E-state index contributed by atoms with van der Waals surface area (Å²) < 4.78 is 5.42. The van der Waals surface area contributed by atoms with Crippen molar-refractivity contribution in [1.82, 2.24) is 15.2 Å². The fourth-order valence-electron chi connectivity index (χ4n) is 2.08. The zero-order valence-corrected chi connectivity index (χ0v) is 12.7. The van der Waals surface area contributed by atoms with E-state index in [0.717, 1.165) is 12.0 Å². The lowest BCUT2D eigenvalue weighted by Gasteiger charge is -2.21. The molecule has 0 bridgehead atoms. The van der Waals surface area contributed by atoms with Crippen LogP contribution in [0.1, 0.15) is 19.0 Å². The van der Waals surface area contributed by atoms with E-state index in [-0.39, 0.29) is 12.6 Å². The molecular weight excluding hydrogens is 282 g/mol. The van der Waals surface area contributed by atoms with E-state index in [2.05, 4.69) is 10.3 Å². The monoisotopic (exact) mass is 303 g/mol. The van der Waals surface area contributed by atoms with E-state index in [1.54, 1.807) is 11.2 Å². The first-order valence-electron chi connectivity index (χ1n) is 7.38. The van der Waals surface area contributed by atoms with Gasteiger partial charge in [-0.2, -0.15) is 0 Å².